The molecule has 2 aliphatic heterocycles. The topological polar surface area (TPSA) is 95.1 Å². The van der Waals surface area contributed by atoms with Gasteiger partial charge in [-0.2, -0.15) is 4.31 Å². The molecule has 2 fully saturated rings. The molecule has 2 heterocycles. The summed E-state index contributed by atoms with van der Waals surface area (Å²) in [7, 11) is -3.70. The number of piperazine rings is 1. The van der Waals surface area contributed by atoms with E-state index in [1.54, 1.807) is 30.0 Å². The minimum atomic E-state index is -3.70. The van der Waals surface area contributed by atoms with E-state index in [1.807, 2.05) is 36.4 Å². The highest BCUT2D eigenvalue weighted by Crippen LogP contribution is 2.36. The fourth-order valence-electron chi connectivity index (χ4n) is 5.21. The fourth-order valence-corrected chi connectivity index (χ4v) is 6.67. The monoisotopic (exact) mass is 481 g/mol. The molecule has 0 radical (unpaired) electrons. The Labute approximate surface area is 198 Å². The molecule has 9 heteroatoms. The maximum absolute atomic E-state index is 13.2. The number of nitrogens with zero attached hydrogens (tertiary/aromatic N) is 3. The first-order valence-corrected chi connectivity index (χ1v) is 13.0. The molecular weight excluding hydrogens is 454 g/mol. The zero-order valence-electron chi connectivity index (χ0n) is 19.0. The summed E-state index contributed by atoms with van der Waals surface area (Å²) in [6.45, 7) is 2.32. The van der Waals surface area contributed by atoms with Gasteiger partial charge in [-0.25, -0.2) is 8.42 Å². The third kappa shape index (κ3) is 3.73. The van der Waals surface area contributed by atoms with Crippen LogP contribution in [0.4, 0.5) is 0 Å². The highest BCUT2D eigenvalue weighted by Gasteiger charge is 2.50. The molecule has 0 spiro atoms. The zero-order valence-corrected chi connectivity index (χ0v) is 19.8. The van der Waals surface area contributed by atoms with Crippen LogP contribution in [0.3, 0.4) is 0 Å². The van der Waals surface area contributed by atoms with Crippen molar-refractivity contribution in [3.63, 3.8) is 0 Å². The Balaban J connectivity index is 1.26. The fraction of sp³-hybridized carbons (Fsp3) is 0.400. The molecule has 5 rings (SSSR count). The number of benzene rings is 2. The number of hydrogen-bond acceptors (Lipinski definition) is 5. The van der Waals surface area contributed by atoms with Crippen molar-refractivity contribution in [2.24, 2.45) is 11.8 Å². The lowest BCUT2D eigenvalue weighted by atomic mass is 9.85. The molecular formula is C25H27N3O5S. The molecule has 0 saturated carbocycles. The summed E-state index contributed by atoms with van der Waals surface area (Å²) in [4.78, 5) is 41.7. The van der Waals surface area contributed by atoms with Gasteiger partial charge in [0, 0.05) is 26.2 Å². The molecule has 2 saturated heterocycles. The van der Waals surface area contributed by atoms with Crippen molar-refractivity contribution in [1.82, 2.24) is 14.1 Å². The summed E-state index contributed by atoms with van der Waals surface area (Å²) >= 11 is 0. The normalized spacial score (nSPS) is 24.5. The predicted molar refractivity (Wildman–Crippen MR) is 126 cm³/mol. The Bertz CT molecular complexity index is 1270. The molecule has 3 atom stereocenters. The minimum Gasteiger partial charge on any atom is -0.338 e. The van der Waals surface area contributed by atoms with E-state index in [2.05, 4.69) is 0 Å². The highest BCUT2D eigenvalue weighted by molar-refractivity contribution is 7.89. The summed E-state index contributed by atoms with van der Waals surface area (Å²) in [6, 6.07) is 11.8. The molecule has 0 aromatic heterocycles. The largest absolute Gasteiger partial charge is 0.338 e. The molecule has 3 aliphatic rings. The van der Waals surface area contributed by atoms with Gasteiger partial charge in [-0.15, -0.1) is 0 Å². The Morgan fingerprint density at radius 2 is 1.47 bits per heavy atom. The van der Waals surface area contributed by atoms with Crippen LogP contribution in [0.2, 0.25) is 0 Å². The van der Waals surface area contributed by atoms with Crippen molar-refractivity contribution in [1.29, 1.82) is 0 Å². The standard InChI is InChI=1S/C25H27N3O5S/c1-17(28-24(30)21-8-4-5-9-22(21)25(28)31)23(29)26-12-14-27(15-13-26)34(32,33)20-11-10-18-6-2-3-7-19(18)16-20/h2-7,10-11,16-17,21-22H,8-9,12-15H2,1H3/t17-,21-,22-/m1/s1. The summed E-state index contributed by atoms with van der Waals surface area (Å²) in [5.74, 6) is -1.64. The maximum atomic E-state index is 13.2. The molecule has 34 heavy (non-hydrogen) atoms. The van der Waals surface area contributed by atoms with E-state index < -0.39 is 16.1 Å². The molecule has 8 nitrogen and oxygen atoms in total. The van der Waals surface area contributed by atoms with E-state index in [4.69, 9.17) is 0 Å². The lowest BCUT2D eigenvalue weighted by Crippen LogP contribution is -2.56. The summed E-state index contributed by atoms with van der Waals surface area (Å²) in [5.41, 5.74) is 0. The van der Waals surface area contributed by atoms with Gasteiger partial charge in [0.25, 0.3) is 0 Å². The number of carbonyl (C=O) groups excluding carboxylic acids is 3. The van der Waals surface area contributed by atoms with Crippen molar-refractivity contribution in [2.45, 2.75) is 30.7 Å². The van der Waals surface area contributed by atoms with E-state index in [0.717, 1.165) is 15.7 Å². The van der Waals surface area contributed by atoms with Crippen molar-refractivity contribution < 1.29 is 22.8 Å². The number of hydrogen-bond donors (Lipinski definition) is 0. The SMILES string of the molecule is C[C@H](C(=O)N1CCN(S(=O)(=O)c2ccc3ccccc3c2)CC1)N1C(=O)[C@@H]2CC=CC[C@H]2C1=O. The van der Waals surface area contributed by atoms with Crippen LogP contribution in [0, 0.1) is 11.8 Å². The van der Waals surface area contributed by atoms with Crippen LogP contribution in [-0.4, -0.2) is 72.5 Å². The lowest BCUT2D eigenvalue weighted by molar-refractivity contribution is -0.151. The quantitative estimate of drug-likeness (QED) is 0.492. The first-order chi connectivity index (χ1) is 16.3. The van der Waals surface area contributed by atoms with Gasteiger partial charge in [0.2, 0.25) is 27.7 Å². The molecule has 0 bridgehead atoms. The van der Waals surface area contributed by atoms with Crippen LogP contribution in [0.25, 0.3) is 10.8 Å². The molecule has 0 N–H and O–H groups in total. The number of sulfonamides is 1. The lowest BCUT2D eigenvalue weighted by Gasteiger charge is -2.36. The van der Waals surface area contributed by atoms with Gasteiger partial charge in [0.1, 0.15) is 6.04 Å². The van der Waals surface area contributed by atoms with Gasteiger partial charge in [-0.05, 0) is 42.7 Å². The Hall–Kier alpha value is -3.04. The summed E-state index contributed by atoms with van der Waals surface area (Å²) in [6.07, 6.45) is 4.88. The van der Waals surface area contributed by atoms with Crippen LogP contribution < -0.4 is 0 Å². The molecule has 2 aromatic carbocycles. The van der Waals surface area contributed by atoms with Crippen molar-refractivity contribution in [2.75, 3.05) is 26.2 Å². The molecule has 178 valence electrons. The van der Waals surface area contributed by atoms with Crippen LogP contribution in [0.15, 0.2) is 59.5 Å². The van der Waals surface area contributed by atoms with Crippen LogP contribution in [-0.2, 0) is 24.4 Å². The maximum Gasteiger partial charge on any atom is 0.245 e. The number of fused-ring (bicyclic) bond motifs is 2. The Morgan fingerprint density at radius 1 is 0.882 bits per heavy atom. The first-order valence-electron chi connectivity index (χ1n) is 11.6. The number of rotatable bonds is 4. The van der Waals surface area contributed by atoms with Gasteiger partial charge in [0.15, 0.2) is 0 Å². The second-order valence-corrected chi connectivity index (χ2v) is 11.1. The Morgan fingerprint density at radius 3 is 2.09 bits per heavy atom. The molecule has 1 aliphatic carbocycles. The third-order valence-corrected chi connectivity index (χ3v) is 9.09. The van der Waals surface area contributed by atoms with Crippen molar-refractivity contribution in [3.05, 3.63) is 54.6 Å². The third-order valence-electron chi connectivity index (χ3n) is 7.20. The van der Waals surface area contributed by atoms with Gasteiger partial charge < -0.3 is 4.90 Å². The molecule has 2 aromatic rings. The average molecular weight is 482 g/mol. The number of allylic oxidation sites excluding steroid dienone is 2. The second kappa shape index (κ2) is 8.63. The van der Waals surface area contributed by atoms with Crippen LogP contribution >= 0.6 is 0 Å². The molecule has 3 amide bonds. The van der Waals surface area contributed by atoms with Crippen molar-refractivity contribution >= 4 is 38.5 Å². The van der Waals surface area contributed by atoms with E-state index >= 15 is 0 Å². The number of likely N-dealkylation sites (tertiary alicyclic amines) is 1. The Kier molecular flexibility index (Phi) is 5.77. The van der Waals surface area contributed by atoms with E-state index in [0.29, 0.717) is 12.8 Å². The van der Waals surface area contributed by atoms with E-state index in [-0.39, 0.29) is 60.6 Å². The van der Waals surface area contributed by atoms with Crippen LogP contribution in [0.1, 0.15) is 19.8 Å². The van der Waals surface area contributed by atoms with E-state index in [1.165, 1.54) is 4.31 Å². The minimum absolute atomic E-state index is 0.157. The number of carbonyl (C=O) groups is 3. The second-order valence-electron chi connectivity index (χ2n) is 9.12. The highest BCUT2D eigenvalue weighted by atomic mass is 32.2. The van der Waals surface area contributed by atoms with Gasteiger partial charge >= 0.3 is 0 Å². The first kappa shape index (κ1) is 22.7. The van der Waals surface area contributed by atoms with E-state index in [9.17, 15) is 22.8 Å². The summed E-state index contributed by atoms with van der Waals surface area (Å²) < 4.78 is 27.8. The summed E-state index contributed by atoms with van der Waals surface area (Å²) in [5, 5.41) is 1.81. The zero-order chi connectivity index (χ0) is 24.0. The van der Waals surface area contributed by atoms with Gasteiger partial charge in [-0.1, -0.05) is 42.5 Å². The smallest absolute Gasteiger partial charge is 0.245 e. The van der Waals surface area contributed by atoms with Gasteiger partial charge in [0.05, 0.1) is 16.7 Å². The number of imide groups is 1. The van der Waals surface area contributed by atoms with Crippen LogP contribution in [0.5, 0.6) is 0 Å². The predicted octanol–water partition coefficient (Wildman–Crippen LogP) is 2.01. The van der Waals surface area contributed by atoms with Crippen molar-refractivity contribution in [3.8, 4) is 0 Å². The molecule has 0 unspecified atom stereocenters. The van der Waals surface area contributed by atoms with Gasteiger partial charge in [-0.3, -0.25) is 19.3 Å². The number of amides is 3. The average Bonchev–Trinajstić information content (AvgIpc) is 3.12.